The van der Waals surface area contributed by atoms with Gasteiger partial charge in [-0.15, -0.1) is 0 Å². The Morgan fingerprint density at radius 3 is 2.79 bits per heavy atom. The summed E-state index contributed by atoms with van der Waals surface area (Å²) in [7, 11) is -3.61. The van der Waals surface area contributed by atoms with E-state index in [1.54, 1.807) is 31.2 Å². The normalized spacial score (nSPS) is 19.0. The molecule has 1 heterocycles. The van der Waals surface area contributed by atoms with Gasteiger partial charge in [-0.3, -0.25) is 9.10 Å². The van der Waals surface area contributed by atoms with Gasteiger partial charge in [0.1, 0.15) is 0 Å². The van der Waals surface area contributed by atoms with Crippen molar-refractivity contribution < 1.29 is 18.3 Å². The molecule has 1 aliphatic rings. The Balaban J connectivity index is 2.47. The summed E-state index contributed by atoms with van der Waals surface area (Å²) in [6.07, 6.45) is 0.275. The molecule has 0 aromatic heterocycles. The number of carboxylic acids is 1. The SMILES string of the molecule is CCNS(=O)(=O)N1CCC(C(=O)O)c2ccccc21. The predicted molar refractivity (Wildman–Crippen MR) is 71.4 cm³/mol. The number of hydrogen-bond acceptors (Lipinski definition) is 3. The zero-order chi connectivity index (χ0) is 14.0. The van der Waals surface area contributed by atoms with E-state index >= 15 is 0 Å². The number of benzene rings is 1. The first-order chi connectivity index (χ1) is 8.97. The second-order valence-corrected chi connectivity index (χ2v) is 5.99. The van der Waals surface area contributed by atoms with E-state index < -0.39 is 22.1 Å². The third-order valence-electron chi connectivity index (χ3n) is 3.12. The van der Waals surface area contributed by atoms with Crippen molar-refractivity contribution in [2.75, 3.05) is 17.4 Å². The molecule has 1 aliphatic heterocycles. The van der Waals surface area contributed by atoms with Crippen LogP contribution in [0.2, 0.25) is 0 Å². The molecule has 0 spiro atoms. The van der Waals surface area contributed by atoms with Crippen molar-refractivity contribution in [3.63, 3.8) is 0 Å². The first-order valence-corrected chi connectivity index (χ1v) is 7.50. The van der Waals surface area contributed by atoms with Gasteiger partial charge in [0.25, 0.3) is 0 Å². The Bertz CT molecular complexity index is 585. The molecule has 0 aliphatic carbocycles. The van der Waals surface area contributed by atoms with Gasteiger partial charge in [0.2, 0.25) is 0 Å². The fourth-order valence-electron chi connectivity index (χ4n) is 2.30. The average molecular weight is 284 g/mol. The summed E-state index contributed by atoms with van der Waals surface area (Å²) in [5.74, 6) is -1.57. The van der Waals surface area contributed by atoms with E-state index in [-0.39, 0.29) is 13.0 Å². The van der Waals surface area contributed by atoms with E-state index in [9.17, 15) is 18.3 Å². The Morgan fingerprint density at radius 2 is 2.16 bits per heavy atom. The third-order valence-corrected chi connectivity index (χ3v) is 4.73. The molecule has 0 saturated carbocycles. The molecule has 1 atom stereocenters. The van der Waals surface area contributed by atoms with Crippen molar-refractivity contribution in [3.8, 4) is 0 Å². The van der Waals surface area contributed by atoms with Crippen molar-refractivity contribution >= 4 is 21.9 Å². The largest absolute Gasteiger partial charge is 0.481 e. The first-order valence-electron chi connectivity index (χ1n) is 6.06. The van der Waals surface area contributed by atoms with Gasteiger partial charge < -0.3 is 5.11 Å². The maximum absolute atomic E-state index is 12.1. The monoisotopic (exact) mass is 284 g/mol. The molecule has 2 N–H and O–H groups in total. The molecule has 0 bridgehead atoms. The number of hydrogen-bond donors (Lipinski definition) is 2. The molecule has 0 radical (unpaired) electrons. The molecule has 0 fully saturated rings. The van der Waals surface area contributed by atoms with Gasteiger partial charge in [-0.05, 0) is 18.1 Å². The molecule has 6 nitrogen and oxygen atoms in total. The Kier molecular flexibility index (Phi) is 3.77. The maximum atomic E-state index is 12.1. The maximum Gasteiger partial charge on any atom is 0.311 e. The minimum Gasteiger partial charge on any atom is -0.481 e. The number of aliphatic carboxylic acids is 1. The molecular formula is C12H16N2O4S. The van der Waals surface area contributed by atoms with E-state index in [4.69, 9.17) is 0 Å². The zero-order valence-corrected chi connectivity index (χ0v) is 11.4. The van der Waals surface area contributed by atoms with E-state index in [0.29, 0.717) is 17.8 Å². The van der Waals surface area contributed by atoms with Crippen LogP contribution in [-0.2, 0) is 15.0 Å². The fourth-order valence-corrected chi connectivity index (χ4v) is 3.59. The van der Waals surface area contributed by atoms with Crippen LogP contribution in [0.3, 0.4) is 0 Å². The van der Waals surface area contributed by atoms with Crippen molar-refractivity contribution in [2.45, 2.75) is 19.3 Å². The summed E-state index contributed by atoms with van der Waals surface area (Å²) in [5.41, 5.74) is 0.991. The van der Waals surface area contributed by atoms with Gasteiger partial charge in [-0.1, -0.05) is 25.1 Å². The topological polar surface area (TPSA) is 86.7 Å². The summed E-state index contributed by atoms with van der Waals surface area (Å²) >= 11 is 0. The molecule has 7 heteroatoms. The molecular weight excluding hydrogens is 268 g/mol. The average Bonchev–Trinajstić information content (AvgIpc) is 2.37. The molecule has 1 aromatic rings. The van der Waals surface area contributed by atoms with Crippen molar-refractivity contribution in [1.29, 1.82) is 0 Å². The molecule has 19 heavy (non-hydrogen) atoms. The van der Waals surface area contributed by atoms with Crippen LogP contribution >= 0.6 is 0 Å². The van der Waals surface area contributed by atoms with Crippen LogP contribution in [0.4, 0.5) is 5.69 Å². The number of nitrogens with zero attached hydrogens (tertiary/aromatic N) is 1. The lowest BCUT2D eigenvalue weighted by molar-refractivity contribution is -0.139. The summed E-state index contributed by atoms with van der Waals surface area (Å²) in [6.45, 7) is 2.17. The highest BCUT2D eigenvalue weighted by atomic mass is 32.2. The van der Waals surface area contributed by atoms with E-state index in [1.165, 1.54) is 4.31 Å². The van der Waals surface area contributed by atoms with Gasteiger partial charge in [-0.2, -0.15) is 13.1 Å². The highest BCUT2D eigenvalue weighted by Gasteiger charge is 2.34. The van der Waals surface area contributed by atoms with Crippen LogP contribution in [0.25, 0.3) is 0 Å². The number of carbonyl (C=O) groups is 1. The van der Waals surface area contributed by atoms with Crippen LogP contribution in [0.1, 0.15) is 24.8 Å². The fraction of sp³-hybridized carbons (Fsp3) is 0.417. The second-order valence-electron chi connectivity index (χ2n) is 4.31. The summed E-state index contributed by atoms with van der Waals surface area (Å²) < 4.78 is 27.9. The Hall–Kier alpha value is -1.60. The number of carboxylic acid groups (broad SMARTS) is 1. The van der Waals surface area contributed by atoms with E-state index in [0.717, 1.165) is 0 Å². The van der Waals surface area contributed by atoms with Gasteiger partial charge in [-0.25, -0.2) is 0 Å². The summed E-state index contributed by atoms with van der Waals surface area (Å²) in [4.78, 5) is 11.2. The summed E-state index contributed by atoms with van der Waals surface area (Å²) in [6, 6.07) is 6.73. The highest BCUT2D eigenvalue weighted by Crippen LogP contribution is 2.36. The number of fused-ring (bicyclic) bond motifs is 1. The van der Waals surface area contributed by atoms with Gasteiger partial charge in [0, 0.05) is 13.1 Å². The second kappa shape index (κ2) is 5.18. The smallest absolute Gasteiger partial charge is 0.311 e. The number of para-hydroxylation sites is 1. The molecule has 1 unspecified atom stereocenters. The minimum atomic E-state index is -3.61. The number of rotatable bonds is 4. The molecule has 1 aromatic carbocycles. The van der Waals surface area contributed by atoms with Crippen LogP contribution in [0, 0.1) is 0 Å². The van der Waals surface area contributed by atoms with E-state index in [2.05, 4.69) is 4.72 Å². The van der Waals surface area contributed by atoms with E-state index in [1.807, 2.05) is 0 Å². The van der Waals surface area contributed by atoms with Crippen molar-refractivity contribution in [2.24, 2.45) is 0 Å². The first kappa shape index (κ1) is 13.8. The molecule has 2 rings (SSSR count). The Labute approximate surface area is 112 Å². The van der Waals surface area contributed by atoms with Crippen LogP contribution in [0.15, 0.2) is 24.3 Å². The molecule has 0 saturated heterocycles. The van der Waals surface area contributed by atoms with Crippen LogP contribution in [0.5, 0.6) is 0 Å². The van der Waals surface area contributed by atoms with Crippen molar-refractivity contribution in [3.05, 3.63) is 29.8 Å². The van der Waals surface area contributed by atoms with Gasteiger partial charge in [0.15, 0.2) is 0 Å². The van der Waals surface area contributed by atoms with Crippen LogP contribution < -0.4 is 9.03 Å². The summed E-state index contributed by atoms with van der Waals surface area (Å²) in [5, 5.41) is 9.19. The standard InChI is InChI=1S/C12H16N2O4S/c1-2-13-19(17,18)14-8-7-10(12(15)16)9-5-3-4-6-11(9)14/h3-6,10,13H,2,7-8H2,1H3,(H,15,16). The quantitative estimate of drug-likeness (QED) is 0.860. The van der Waals surface area contributed by atoms with Gasteiger partial charge >= 0.3 is 16.2 Å². The third kappa shape index (κ3) is 2.57. The highest BCUT2D eigenvalue weighted by molar-refractivity contribution is 7.90. The molecule has 104 valence electrons. The lowest BCUT2D eigenvalue weighted by Crippen LogP contribution is -2.44. The number of anilines is 1. The van der Waals surface area contributed by atoms with Crippen molar-refractivity contribution in [1.82, 2.24) is 4.72 Å². The lowest BCUT2D eigenvalue weighted by Gasteiger charge is -2.33. The van der Waals surface area contributed by atoms with Gasteiger partial charge in [0.05, 0.1) is 11.6 Å². The minimum absolute atomic E-state index is 0.170. The Morgan fingerprint density at radius 1 is 1.47 bits per heavy atom. The molecule has 0 amide bonds. The number of nitrogens with one attached hydrogen (secondary N) is 1. The predicted octanol–water partition coefficient (Wildman–Crippen LogP) is 0.919. The zero-order valence-electron chi connectivity index (χ0n) is 10.5. The lowest BCUT2D eigenvalue weighted by atomic mass is 9.91. The van der Waals surface area contributed by atoms with Crippen LogP contribution in [-0.4, -0.2) is 32.6 Å².